The summed E-state index contributed by atoms with van der Waals surface area (Å²) in [5.41, 5.74) is 1.31. The van der Waals surface area contributed by atoms with Crippen LogP contribution in [0.1, 0.15) is 32.3 Å². The zero-order valence-corrected chi connectivity index (χ0v) is 13.1. The van der Waals surface area contributed by atoms with E-state index in [1.165, 1.54) is 25.1 Å². The van der Waals surface area contributed by atoms with Gasteiger partial charge in [-0.2, -0.15) is 0 Å². The van der Waals surface area contributed by atoms with Crippen LogP contribution in [0.5, 0.6) is 5.75 Å². The molecule has 3 heteroatoms. The lowest BCUT2D eigenvalue weighted by Gasteiger charge is -2.35. The average molecular weight is 276 g/mol. The molecule has 0 bridgehead atoms. The third kappa shape index (κ3) is 4.50. The summed E-state index contributed by atoms with van der Waals surface area (Å²) >= 11 is 0. The molecular formula is C17H28N2O. The predicted molar refractivity (Wildman–Crippen MR) is 84.1 cm³/mol. The average Bonchev–Trinajstić information content (AvgIpc) is 2.45. The molecule has 0 aliphatic carbocycles. The van der Waals surface area contributed by atoms with Gasteiger partial charge < -0.3 is 15.0 Å². The number of ether oxygens (including phenoxy) is 1. The maximum atomic E-state index is 5.69. The van der Waals surface area contributed by atoms with E-state index in [0.29, 0.717) is 12.0 Å². The van der Waals surface area contributed by atoms with Gasteiger partial charge in [-0.15, -0.1) is 0 Å². The Labute approximate surface area is 123 Å². The van der Waals surface area contributed by atoms with E-state index < -0.39 is 0 Å². The molecule has 1 heterocycles. The van der Waals surface area contributed by atoms with Gasteiger partial charge in [0.1, 0.15) is 5.75 Å². The number of rotatable bonds is 6. The van der Waals surface area contributed by atoms with E-state index in [4.69, 9.17) is 4.74 Å². The van der Waals surface area contributed by atoms with Crippen molar-refractivity contribution in [2.45, 2.75) is 39.3 Å². The molecule has 1 N–H and O–H groups in total. The maximum Gasteiger partial charge on any atom is 0.119 e. The molecule has 0 aromatic heterocycles. The van der Waals surface area contributed by atoms with Gasteiger partial charge in [-0.1, -0.05) is 26.0 Å². The maximum absolute atomic E-state index is 5.69. The Morgan fingerprint density at radius 1 is 1.40 bits per heavy atom. The van der Waals surface area contributed by atoms with Gasteiger partial charge in [-0.3, -0.25) is 0 Å². The summed E-state index contributed by atoms with van der Waals surface area (Å²) in [6.45, 7) is 8.59. The molecule has 20 heavy (non-hydrogen) atoms. The zero-order chi connectivity index (χ0) is 14.4. The fraction of sp³-hybridized carbons (Fsp3) is 0.647. The van der Waals surface area contributed by atoms with Crippen LogP contribution in [0.3, 0.4) is 0 Å². The van der Waals surface area contributed by atoms with E-state index in [9.17, 15) is 0 Å². The predicted octanol–water partition coefficient (Wildman–Crippen LogP) is 2.91. The van der Waals surface area contributed by atoms with Crippen molar-refractivity contribution in [2.75, 3.05) is 26.7 Å². The molecule has 1 aromatic carbocycles. The van der Waals surface area contributed by atoms with E-state index in [2.05, 4.69) is 49.3 Å². The molecule has 0 radical (unpaired) electrons. The molecule has 2 atom stereocenters. The van der Waals surface area contributed by atoms with Crippen LogP contribution in [0.15, 0.2) is 24.3 Å². The lowest BCUT2D eigenvalue weighted by Crippen LogP contribution is -2.46. The van der Waals surface area contributed by atoms with E-state index in [1.54, 1.807) is 0 Å². The van der Waals surface area contributed by atoms with Crippen LogP contribution in [0.2, 0.25) is 0 Å². The Kier molecular flexibility index (Phi) is 5.86. The molecule has 1 saturated heterocycles. The number of hydrogen-bond acceptors (Lipinski definition) is 3. The third-order valence-electron chi connectivity index (χ3n) is 4.05. The van der Waals surface area contributed by atoms with Crippen LogP contribution in [-0.4, -0.2) is 37.7 Å². The number of hydrogen-bond donors (Lipinski definition) is 1. The van der Waals surface area contributed by atoms with E-state index in [1.807, 2.05) is 6.07 Å². The SMILES string of the molecule is CCCOc1cccc(CNC2CCN(C)CC2C)c1. The van der Waals surface area contributed by atoms with Crippen molar-refractivity contribution in [3.8, 4) is 5.75 Å². The third-order valence-corrected chi connectivity index (χ3v) is 4.05. The minimum atomic E-state index is 0.631. The van der Waals surface area contributed by atoms with Crippen LogP contribution in [0.4, 0.5) is 0 Å². The first-order chi connectivity index (χ1) is 9.69. The molecule has 2 unspecified atom stereocenters. The van der Waals surface area contributed by atoms with Crippen molar-refractivity contribution >= 4 is 0 Å². The second-order valence-corrected chi connectivity index (χ2v) is 6.01. The first-order valence-corrected chi connectivity index (χ1v) is 7.82. The molecule has 0 saturated carbocycles. The normalized spacial score (nSPS) is 23.8. The van der Waals surface area contributed by atoms with Crippen molar-refractivity contribution in [3.63, 3.8) is 0 Å². The van der Waals surface area contributed by atoms with Gasteiger partial charge in [0.25, 0.3) is 0 Å². The van der Waals surface area contributed by atoms with Crippen LogP contribution < -0.4 is 10.1 Å². The zero-order valence-electron chi connectivity index (χ0n) is 13.1. The van der Waals surface area contributed by atoms with E-state index in [-0.39, 0.29) is 0 Å². The molecule has 0 amide bonds. The molecule has 1 aliphatic heterocycles. The van der Waals surface area contributed by atoms with E-state index in [0.717, 1.165) is 25.3 Å². The van der Waals surface area contributed by atoms with Crippen molar-refractivity contribution in [2.24, 2.45) is 5.92 Å². The number of nitrogens with one attached hydrogen (secondary N) is 1. The van der Waals surface area contributed by atoms with Crippen molar-refractivity contribution in [3.05, 3.63) is 29.8 Å². The summed E-state index contributed by atoms with van der Waals surface area (Å²) in [4.78, 5) is 2.42. The monoisotopic (exact) mass is 276 g/mol. The van der Waals surface area contributed by atoms with Crippen LogP contribution >= 0.6 is 0 Å². The number of benzene rings is 1. The van der Waals surface area contributed by atoms with Gasteiger partial charge in [0.15, 0.2) is 0 Å². The Morgan fingerprint density at radius 2 is 2.25 bits per heavy atom. The molecule has 1 aliphatic rings. The molecular weight excluding hydrogens is 248 g/mol. The van der Waals surface area contributed by atoms with Gasteiger partial charge in [0.05, 0.1) is 6.61 Å². The molecule has 112 valence electrons. The standard InChI is InChI=1S/C17H28N2O/c1-4-10-20-16-7-5-6-15(11-16)12-18-17-8-9-19(3)13-14(17)2/h5-7,11,14,17-18H,4,8-10,12-13H2,1-3H3. The summed E-state index contributed by atoms with van der Waals surface area (Å²) in [6.07, 6.45) is 2.29. The molecule has 0 spiro atoms. The van der Waals surface area contributed by atoms with E-state index >= 15 is 0 Å². The topological polar surface area (TPSA) is 24.5 Å². The summed E-state index contributed by atoms with van der Waals surface area (Å²) < 4.78 is 5.69. The summed E-state index contributed by atoms with van der Waals surface area (Å²) in [5, 5.41) is 3.71. The largest absolute Gasteiger partial charge is 0.494 e. The highest BCUT2D eigenvalue weighted by atomic mass is 16.5. The number of piperidine rings is 1. The van der Waals surface area contributed by atoms with Crippen LogP contribution in [0, 0.1) is 5.92 Å². The highest BCUT2D eigenvalue weighted by Crippen LogP contribution is 2.17. The highest BCUT2D eigenvalue weighted by Gasteiger charge is 2.23. The second kappa shape index (κ2) is 7.65. The smallest absolute Gasteiger partial charge is 0.119 e. The molecule has 2 rings (SSSR count). The highest BCUT2D eigenvalue weighted by molar-refractivity contribution is 5.28. The summed E-state index contributed by atoms with van der Waals surface area (Å²) in [6, 6.07) is 9.08. The lowest BCUT2D eigenvalue weighted by molar-refractivity contribution is 0.174. The van der Waals surface area contributed by atoms with Gasteiger partial charge in [-0.25, -0.2) is 0 Å². The van der Waals surface area contributed by atoms with Crippen molar-refractivity contribution in [1.82, 2.24) is 10.2 Å². The van der Waals surface area contributed by atoms with Gasteiger partial charge in [0.2, 0.25) is 0 Å². The summed E-state index contributed by atoms with van der Waals surface area (Å²) in [5.74, 6) is 1.70. The van der Waals surface area contributed by atoms with Crippen LogP contribution in [0.25, 0.3) is 0 Å². The first kappa shape index (κ1) is 15.3. The Morgan fingerprint density at radius 3 is 3.00 bits per heavy atom. The molecule has 1 aromatic rings. The Bertz CT molecular complexity index is 408. The number of likely N-dealkylation sites (tertiary alicyclic amines) is 1. The quantitative estimate of drug-likeness (QED) is 0.864. The van der Waals surface area contributed by atoms with Crippen LogP contribution in [-0.2, 0) is 6.54 Å². The van der Waals surface area contributed by atoms with Crippen molar-refractivity contribution in [1.29, 1.82) is 0 Å². The molecule has 3 nitrogen and oxygen atoms in total. The molecule has 1 fully saturated rings. The summed E-state index contributed by atoms with van der Waals surface area (Å²) in [7, 11) is 2.21. The van der Waals surface area contributed by atoms with Gasteiger partial charge >= 0.3 is 0 Å². The number of nitrogens with zero attached hydrogens (tertiary/aromatic N) is 1. The Hall–Kier alpha value is -1.06. The minimum Gasteiger partial charge on any atom is -0.494 e. The van der Waals surface area contributed by atoms with Gasteiger partial charge in [-0.05, 0) is 50.0 Å². The fourth-order valence-corrected chi connectivity index (χ4v) is 2.87. The minimum absolute atomic E-state index is 0.631. The first-order valence-electron chi connectivity index (χ1n) is 7.82. The fourth-order valence-electron chi connectivity index (χ4n) is 2.87. The van der Waals surface area contributed by atoms with Gasteiger partial charge in [0, 0.05) is 19.1 Å². The van der Waals surface area contributed by atoms with Crippen molar-refractivity contribution < 1.29 is 4.74 Å². The lowest BCUT2D eigenvalue weighted by atomic mass is 9.94. The second-order valence-electron chi connectivity index (χ2n) is 6.01. The Balaban J connectivity index is 1.84.